The zero-order valence-electron chi connectivity index (χ0n) is 16.4. The van der Waals surface area contributed by atoms with E-state index in [4.69, 9.17) is 4.74 Å². The van der Waals surface area contributed by atoms with E-state index in [-0.39, 0.29) is 42.1 Å². The number of fused-ring (bicyclic) bond motifs is 1. The van der Waals surface area contributed by atoms with Gasteiger partial charge in [0, 0.05) is 37.9 Å². The number of methoxy groups -OCH3 is 1. The van der Waals surface area contributed by atoms with Crippen molar-refractivity contribution in [1.82, 2.24) is 19.8 Å². The van der Waals surface area contributed by atoms with Crippen LogP contribution in [0.5, 0.6) is 0 Å². The van der Waals surface area contributed by atoms with E-state index in [1.807, 2.05) is 11.0 Å². The molecule has 7 nitrogen and oxygen atoms in total. The number of ether oxygens (including phenoxy) is 1. The van der Waals surface area contributed by atoms with Gasteiger partial charge in [-0.2, -0.15) is 0 Å². The fourth-order valence-corrected chi connectivity index (χ4v) is 4.51. The van der Waals surface area contributed by atoms with Crippen LogP contribution in [-0.2, 0) is 9.53 Å². The molecule has 0 saturated carbocycles. The van der Waals surface area contributed by atoms with Crippen molar-refractivity contribution in [3.63, 3.8) is 0 Å². The molecule has 1 aromatic carbocycles. The molecule has 0 aliphatic carbocycles. The van der Waals surface area contributed by atoms with E-state index in [1.165, 1.54) is 31.6 Å². The summed E-state index contributed by atoms with van der Waals surface area (Å²) in [5, 5.41) is 0. The molecular formula is C21H23FN4O3. The summed E-state index contributed by atoms with van der Waals surface area (Å²) in [6.45, 7) is 3.87. The molecular weight excluding hydrogens is 375 g/mol. The SMILES string of the molecule is COC(=O)CN1C[C@H]2CN(C(=O)c3cnc(C)nc3)[C@H](c3cccc(F)c3)[C@H]2C1. The summed E-state index contributed by atoms with van der Waals surface area (Å²) >= 11 is 0. The summed E-state index contributed by atoms with van der Waals surface area (Å²) in [6, 6.07) is 6.13. The van der Waals surface area contributed by atoms with Gasteiger partial charge < -0.3 is 9.64 Å². The average Bonchev–Trinajstić information content (AvgIpc) is 3.25. The molecule has 0 N–H and O–H groups in total. The lowest BCUT2D eigenvalue weighted by Gasteiger charge is -2.29. The Morgan fingerprint density at radius 2 is 1.97 bits per heavy atom. The lowest BCUT2D eigenvalue weighted by Crippen LogP contribution is -2.37. The summed E-state index contributed by atoms with van der Waals surface area (Å²) in [7, 11) is 1.37. The van der Waals surface area contributed by atoms with Gasteiger partial charge in [-0.05, 0) is 30.5 Å². The molecule has 3 heterocycles. The van der Waals surface area contributed by atoms with Crippen LogP contribution in [0.15, 0.2) is 36.7 Å². The molecule has 2 saturated heterocycles. The number of benzene rings is 1. The Bertz CT molecular complexity index is 920. The number of rotatable bonds is 4. The van der Waals surface area contributed by atoms with Crippen LogP contribution in [0.4, 0.5) is 4.39 Å². The van der Waals surface area contributed by atoms with E-state index in [0.717, 1.165) is 5.56 Å². The van der Waals surface area contributed by atoms with Crippen molar-refractivity contribution < 1.29 is 18.7 Å². The Morgan fingerprint density at radius 3 is 2.66 bits per heavy atom. The van der Waals surface area contributed by atoms with E-state index in [0.29, 0.717) is 31.0 Å². The van der Waals surface area contributed by atoms with Gasteiger partial charge in [-0.1, -0.05) is 12.1 Å². The number of hydrogen-bond donors (Lipinski definition) is 0. The maximum Gasteiger partial charge on any atom is 0.319 e. The summed E-state index contributed by atoms with van der Waals surface area (Å²) < 4.78 is 18.7. The molecule has 0 radical (unpaired) electrons. The number of carbonyl (C=O) groups excluding carboxylic acids is 2. The van der Waals surface area contributed by atoms with Crippen LogP contribution in [0.3, 0.4) is 0 Å². The molecule has 0 spiro atoms. The van der Waals surface area contributed by atoms with Gasteiger partial charge in [0.25, 0.3) is 5.91 Å². The summed E-state index contributed by atoms with van der Waals surface area (Å²) in [5.74, 6) is 0.131. The van der Waals surface area contributed by atoms with Gasteiger partial charge in [0.05, 0.1) is 25.3 Å². The van der Waals surface area contributed by atoms with Crippen LogP contribution in [0.2, 0.25) is 0 Å². The highest BCUT2D eigenvalue weighted by Gasteiger charge is 2.49. The zero-order valence-corrected chi connectivity index (χ0v) is 16.4. The highest BCUT2D eigenvalue weighted by atomic mass is 19.1. The molecule has 8 heteroatoms. The molecule has 0 unspecified atom stereocenters. The van der Waals surface area contributed by atoms with Crippen molar-refractivity contribution in [2.75, 3.05) is 33.3 Å². The number of halogens is 1. The third kappa shape index (κ3) is 3.85. The van der Waals surface area contributed by atoms with E-state index >= 15 is 0 Å². The molecule has 3 atom stereocenters. The number of nitrogens with zero attached hydrogens (tertiary/aromatic N) is 4. The van der Waals surface area contributed by atoms with E-state index < -0.39 is 0 Å². The quantitative estimate of drug-likeness (QED) is 0.732. The first-order valence-corrected chi connectivity index (χ1v) is 9.60. The first-order valence-electron chi connectivity index (χ1n) is 9.60. The Labute approximate surface area is 168 Å². The second kappa shape index (κ2) is 7.87. The van der Waals surface area contributed by atoms with E-state index in [2.05, 4.69) is 9.97 Å². The predicted octanol–water partition coefficient (Wildman–Crippen LogP) is 1.84. The lowest BCUT2D eigenvalue weighted by atomic mass is 9.89. The largest absolute Gasteiger partial charge is 0.468 e. The minimum absolute atomic E-state index is 0.108. The Balaban J connectivity index is 1.63. The number of esters is 1. The molecule has 29 heavy (non-hydrogen) atoms. The van der Waals surface area contributed by atoms with Crippen LogP contribution in [0.25, 0.3) is 0 Å². The monoisotopic (exact) mass is 398 g/mol. The summed E-state index contributed by atoms with van der Waals surface area (Å²) in [4.78, 5) is 37.0. The summed E-state index contributed by atoms with van der Waals surface area (Å²) in [6.07, 6.45) is 3.07. The van der Waals surface area contributed by atoms with Crippen molar-refractivity contribution in [3.05, 3.63) is 59.4 Å². The van der Waals surface area contributed by atoms with Gasteiger partial charge >= 0.3 is 5.97 Å². The van der Waals surface area contributed by atoms with Gasteiger partial charge in [0.2, 0.25) is 0 Å². The number of carbonyl (C=O) groups is 2. The molecule has 152 valence electrons. The third-order valence-corrected chi connectivity index (χ3v) is 5.80. The Kier molecular flexibility index (Phi) is 5.27. The summed E-state index contributed by atoms with van der Waals surface area (Å²) in [5.41, 5.74) is 1.18. The maximum atomic E-state index is 14.0. The molecule has 0 bridgehead atoms. The van der Waals surface area contributed by atoms with Gasteiger partial charge in [-0.3, -0.25) is 14.5 Å². The highest BCUT2D eigenvalue weighted by molar-refractivity contribution is 5.94. The predicted molar refractivity (Wildman–Crippen MR) is 102 cm³/mol. The van der Waals surface area contributed by atoms with Crippen LogP contribution >= 0.6 is 0 Å². The van der Waals surface area contributed by atoms with Crippen LogP contribution in [-0.4, -0.2) is 64.9 Å². The zero-order chi connectivity index (χ0) is 20.5. The smallest absolute Gasteiger partial charge is 0.319 e. The fourth-order valence-electron chi connectivity index (χ4n) is 4.51. The maximum absolute atomic E-state index is 14.0. The normalized spacial score (nSPS) is 23.8. The molecule has 1 amide bonds. The van der Waals surface area contributed by atoms with E-state index in [1.54, 1.807) is 17.9 Å². The van der Waals surface area contributed by atoms with Crippen molar-refractivity contribution in [1.29, 1.82) is 0 Å². The van der Waals surface area contributed by atoms with Crippen LogP contribution < -0.4 is 0 Å². The van der Waals surface area contributed by atoms with Crippen molar-refractivity contribution >= 4 is 11.9 Å². The molecule has 2 aliphatic heterocycles. The van der Waals surface area contributed by atoms with Crippen molar-refractivity contribution in [2.24, 2.45) is 11.8 Å². The standard InChI is InChI=1S/C21H23FN4O3/c1-13-23-7-15(8-24-13)21(28)26-10-16-9-25(12-19(27)29-2)11-18(16)20(26)14-4-3-5-17(22)6-14/h3-8,16,18,20H,9-12H2,1-2H3/t16-,18-,20+/m0/s1. The van der Waals surface area contributed by atoms with Gasteiger partial charge in [-0.15, -0.1) is 0 Å². The number of hydrogen-bond acceptors (Lipinski definition) is 6. The molecule has 2 aromatic rings. The Morgan fingerprint density at radius 1 is 1.21 bits per heavy atom. The minimum Gasteiger partial charge on any atom is -0.468 e. The third-order valence-electron chi connectivity index (χ3n) is 5.80. The first-order chi connectivity index (χ1) is 14.0. The first kappa shape index (κ1) is 19.4. The van der Waals surface area contributed by atoms with Gasteiger partial charge in [0.1, 0.15) is 11.6 Å². The number of likely N-dealkylation sites (tertiary alicyclic amines) is 2. The molecule has 2 fully saturated rings. The van der Waals surface area contributed by atoms with Crippen LogP contribution in [0, 0.1) is 24.6 Å². The molecule has 1 aromatic heterocycles. The van der Waals surface area contributed by atoms with Gasteiger partial charge in [0.15, 0.2) is 0 Å². The Hall–Kier alpha value is -2.87. The highest BCUT2D eigenvalue weighted by Crippen LogP contribution is 2.45. The van der Waals surface area contributed by atoms with Crippen LogP contribution in [0.1, 0.15) is 27.8 Å². The second-order valence-electron chi connectivity index (χ2n) is 7.67. The molecule has 4 rings (SSSR count). The lowest BCUT2D eigenvalue weighted by molar-refractivity contribution is -0.141. The van der Waals surface area contributed by atoms with E-state index in [9.17, 15) is 14.0 Å². The van der Waals surface area contributed by atoms with Crippen molar-refractivity contribution in [3.8, 4) is 0 Å². The second-order valence-corrected chi connectivity index (χ2v) is 7.67. The fraction of sp³-hybridized carbons (Fsp3) is 0.429. The van der Waals surface area contributed by atoms with Crippen molar-refractivity contribution in [2.45, 2.75) is 13.0 Å². The molecule has 2 aliphatic rings. The van der Waals surface area contributed by atoms with Gasteiger partial charge in [-0.25, -0.2) is 14.4 Å². The number of aromatic nitrogens is 2. The average molecular weight is 398 g/mol. The number of aryl methyl sites for hydroxylation is 1. The number of amides is 1. The minimum atomic E-state index is -0.332. The topological polar surface area (TPSA) is 75.6 Å².